The Morgan fingerprint density at radius 1 is 1.38 bits per heavy atom. The lowest BCUT2D eigenvalue weighted by Crippen LogP contribution is -2.13. The first-order chi connectivity index (χ1) is 3.81. The summed E-state index contributed by atoms with van der Waals surface area (Å²) in [4.78, 5) is 0. The molecule has 0 spiro atoms. The van der Waals surface area contributed by atoms with Gasteiger partial charge in [-0.05, 0) is 6.42 Å². The second kappa shape index (κ2) is 6.54. The molecule has 1 nitrogen and oxygen atoms in total. The fourth-order valence-electron chi connectivity index (χ4n) is 0.446. The molecule has 0 saturated heterocycles. The Morgan fingerprint density at radius 2 is 2.00 bits per heavy atom. The maximum Gasteiger partial charge on any atom is 0.0201 e. The van der Waals surface area contributed by atoms with Gasteiger partial charge < -0.3 is 0 Å². The highest BCUT2D eigenvalue weighted by Crippen LogP contribution is 2.00. The third-order valence-corrected chi connectivity index (χ3v) is 2.24. The molecule has 0 amide bonds. The second-order valence-corrected chi connectivity index (χ2v) is 4.04. The highest BCUT2D eigenvalue weighted by atomic mass is 127. The average molecular weight is 339 g/mol. The molecule has 0 aliphatic carbocycles. The minimum absolute atomic E-state index is 1.22. The van der Waals surface area contributed by atoms with Gasteiger partial charge in [-0.2, -0.15) is 0 Å². The summed E-state index contributed by atoms with van der Waals surface area (Å²) in [5, 5.41) is 0. The standard InChI is InChI=1S/C5H11I2N/c1-2-4-8(7)5-3-6/h2-5H2,1H3. The van der Waals surface area contributed by atoms with E-state index in [0.717, 1.165) is 0 Å². The van der Waals surface area contributed by atoms with Gasteiger partial charge in [0.15, 0.2) is 0 Å². The van der Waals surface area contributed by atoms with Gasteiger partial charge in [0.1, 0.15) is 0 Å². The summed E-state index contributed by atoms with van der Waals surface area (Å²) >= 11 is 4.77. The number of rotatable bonds is 4. The van der Waals surface area contributed by atoms with Crippen molar-refractivity contribution in [3.63, 3.8) is 0 Å². The van der Waals surface area contributed by atoms with Gasteiger partial charge in [0, 0.05) is 40.4 Å². The third kappa shape index (κ3) is 5.55. The van der Waals surface area contributed by atoms with E-state index in [9.17, 15) is 0 Å². The molecule has 3 heteroatoms. The van der Waals surface area contributed by atoms with Gasteiger partial charge in [0.25, 0.3) is 0 Å². The van der Waals surface area contributed by atoms with Crippen LogP contribution in [0.3, 0.4) is 0 Å². The Hall–Kier alpha value is 1.42. The van der Waals surface area contributed by atoms with Crippen molar-refractivity contribution in [1.29, 1.82) is 0 Å². The van der Waals surface area contributed by atoms with Crippen LogP contribution in [0, 0.1) is 0 Å². The molecule has 0 N–H and O–H groups in total. The average Bonchev–Trinajstić information content (AvgIpc) is 1.68. The molecule has 0 saturated carbocycles. The van der Waals surface area contributed by atoms with Crippen LogP contribution >= 0.6 is 45.5 Å². The molecule has 0 radical (unpaired) electrons. The molecule has 0 aliphatic heterocycles. The van der Waals surface area contributed by atoms with Crippen molar-refractivity contribution in [2.75, 3.05) is 17.5 Å². The van der Waals surface area contributed by atoms with Gasteiger partial charge in [-0.3, -0.25) is 0 Å². The van der Waals surface area contributed by atoms with Crippen LogP contribution in [0.5, 0.6) is 0 Å². The Labute approximate surface area is 78.8 Å². The van der Waals surface area contributed by atoms with E-state index in [0.29, 0.717) is 0 Å². The minimum Gasteiger partial charge on any atom is -0.247 e. The third-order valence-electron chi connectivity index (χ3n) is 0.793. The number of hydrogen-bond donors (Lipinski definition) is 0. The maximum atomic E-state index is 2.40. The number of nitrogens with zero attached hydrogens (tertiary/aromatic N) is 1. The molecule has 0 unspecified atom stereocenters. The fourth-order valence-corrected chi connectivity index (χ4v) is 2.68. The van der Waals surface area contributed by atoms with Gasteiger partial charge in [-0.1, -0.05) is 29.5 Å². The van der Waals surface area contributed by atoms with Crippen molar-refractivity contribution >= 4 is 45.5 Å². The van der Waals surface area contributed by atoms with Crippen molar-refractivity contribution < 1.29 is 0 Å². The lowest BCUT2D eigenvalue weighted by atomic mass is 10.5. The molecule has 0 heterocycles. The number of hydrogen-bond acceptors (Lipinski definition) is 1. The van der Waals surface area contributed by atoms with Crippen LogP contribution in [-0.2, 0) is 0 Å². The van der Waals surface area contributed by atoms with Crippen LogP contribution in [0.1, 0.15) is 13.3 Å². The zero-order valence-electron chi connectivity index (χ0n) is 5.03. The first kappa shape index (κ1) is 9.42. The summed E-state index contributed by atoms with van der Waals surface area (Å²) in [6, 6.07) is 0. The maximum absolute atomic E-state index is 2.40. The molecule has 0 fully saturated rings. The molecular formula is C5H11I2N. The largest absolute Gasteiger partial charge is 0.247 e. The summed E-state index contributed by atoms with van der Waals surface area (Å²) in [6.45, 7) is 4.65. The molecule has 0 rings (SSSR count). The van der Waals surface area contributed by atoms with Gasteiger partial charge in [0.2, 0.25) is 0 Å². The first-order valence-corrected chi connectivity index (χ1v) is 5.27. The SMILES string of the molecule is CCCN(I)CCI. The van der Waals surface area contributed by atoms with Crippen LogP contribution in [0.4, 0.5) is 0 Å². The Balaban J connectivity index is 2.92. The summed E-state index contributed by atoms with van der Waals surface area (Å²) in [7, 11) is 0. The summed E-state index contributed by atoms with van der Waals surface area (Å²) in [5.74, 6) is 0. The Bertz CT molecular complexity index is 43.7. The lowest BCUT2D eigenvalue weighted by molar-refractivity contribution is 0.539. The molecule has 0 aromatic rings. The van der Waals surface area contributed by atoms with Gasteiger partial charge in [-0.25, -0.2) is 3.11 Å². The van der Waals surface area contributed by atoms with Crippen molar-refractivity contribution in [2.45, 2.75) is 13.3 Å². The zero-order chi connectivity index (χ0) is 6.41. The van der Waals surface area contributed by atoms with Crippen LogP contribution in [-0.4, -0.2) is 20.6 Å². The molecule has 0 aromatic heterocycles. The predicted molar refractivity (Wildman–Crippen MR) is 54.8 cm³/mol. The van der Waals surface area contributed by atoms with E-state index in [-0.39, 0.29) is 0 Å². The van der Waals surface area contributed by atoms with Crippen LogP contribution in [0.2, 0.25) is 0 Å². The van der Waals surface area contributed by atoms with Gasteiger partial charge >= 0.3 is 0 Å². The van der Waals surface area contributed by atoms with E-state index in [2.05, 4.69) is 55.5 Å². The Morgan fingerprint density at radius 3 is 2.38 bits per heavy atom. The topological polar surface area (TPSA) is 3.24 Å². The number of halogens is 2. The van der Waals surface area contributed by atoms with Crippen LogP contribution in [0.25, 0.3) is 0 Å². The van der Waals surface area contributed by atoms with E-state index in [1.807, 2.05) is 0 Å². The molecule has 0 aliphatic rings. The normalized spacial score (nSPS) is 10.5. The van der Waals surface area contributed by atoms with Crippen molar-refractivity contribution in [3.05, 3.63) is 0 Å². The van der Waals surface area contributed by atoms with Crippen LogP contribution < -0.4 is 0 Å². The molecule has 0 bridgehead atoms. The molecular weight excluding hydrogens is 328 g/mol. The quantitative estimate of drug-likeness (QED) is 0.432. The first-order valence-electron chi connectivity index (χ1n) is 2.78. The minimum atomic E-state index is 1.22. The zero-order valence-corrected chi connectivity index (χ0v) is 9.35. The second-order valence-electron chi connectivity index (χ2n) is 1.60. The van der Waals surface area contributed by atoms with Gasteiger partial charge in [-0.15, -0.1) is 0 Å². The van der Waals surface area contributed by atoms with E-state index >= 15 is 0 Å². The van der Waals surface area contributed by atoms with Crippen LogP contribution in [0.15, 0.2) is 0 Å². The summed E-state index contributed by atoms with van der Waals surface area (Å²) < 4.78 is 3.56. The highest BCUT2D eigenvalue weighted by molar-refractivity contribution is 14.1. The van der Waals surface area contributed by atoms with E-state index in [1.165, 1.54) is 23.9 Å². The van der Waals surface area contributed by atoms with Gasteiger partial charge in [0.05, 0.1) is 0 Å². The molecule has 0 atom stereocenters. The fraction of sp³-hybridized carbons (Fsp3) is 1.00. The Kier molecular flexibility index (Phi) is 7.70. The van der Waals surface area contributed by atoms with E-state index in [1.54, 1.807) is 0 Å². The van der Waals surface area contributed by atoms with Crippen molar-refractivity contribution in [1.82, 2.24) is 3.11 Å². The molecule has 50 valence electrons. The lowest BCUT2D eigenvalue weighted by Gasteiger charge is -2.09. The smallest absolute Gasteiger partial charge is 0.0201 e. The van der Waals surface area contributed by atoms with E-state index in [4.69, 9.17) is 0 Å². The summed E-state index contributed by atoms with van der Waals surface area (Å²) in [6.07, 6.45) is 1.26. The van der Waals surface area contributed by atoms with Crippen molar-refractivity contribution in [3.8, 4) is 0 Å². The summed E-state index contributed by atoms with van der Waals surface area (Å²) in [5.41, 5.74) is 0. The molecule has 8 heavy (non-hydrogen) atoms. The molecule has 0 aromatic carbocycles. The highest BCUT2D eigenvalue weighted by Gasteiger charge is 1.93. The number of alkyl halides is 1. The monoisotopic (exact) mass is 339 g/mol. The van der Waals surface area contributed by atoms with Crippen molar-refractivity contribution in [2.24, 2.45) is 0 Å². The van der Waals surface area contributed by atoms with E-state index < -0.39 is 0 Å². The predicted octanol–water partition coefficient (Wildman–Crippen LogP) is 2.48.